The van der Waals surface area contributed by atoms with Crippen molar-refractivity contribution in [3.05, 3.63) is 41.6 Å². The lowest BCUT2D eigenvalue weighted by molar-refractivity contribution is 0.259. The maximum Gasteiger partial charge on any atom is 0.163 e. The van der Waals surface area contributed by atoms with Crippen LogP contribution in [0.5, 0.6) is 0 Å². The van der Waals surface area contributed by atoms with Crippen LogP contribution < -0.4 is 4.90 Å². The monoisotopic (exact) mass is 351 g/mol. The minimum Gasteiger partial charge on any atom is -0.353 e. The van der Waals surface area contributed by atoms with Crippen LogP contribution in [-0.4, -0.2) is 62.4 Å². The van der Waals surface area contributed by atoms with Crippen molar-refractivity contribution in [2.45, 2.75) is 20.3 Å². The van der Waals surface area contributed by atoms with E-state index in [4.69, 9.17) is 0 Å². The zero-order chi connectivity index (χ0) is 18.1. The highest BCUT2D eigenvalue weighted by molar-refractivity contribution is 5.86. The van der Waals surface area contributed by atoms with Crippen LogP contribution >= 0.6 is 0 Å². The van der Waals surface area contributed by atoms with Crippen LogP contribution in [0.3, 0.4) is 0 Å². The van der Waals surface area contributed by atoms with E-state index in [-0.39, 0.29) is 0 Å². The van der Waals surface area contributed by atoms with Crippen LogP contribution in [0.25, 0.3) is 11.0 Å². The lowest BCUT2D eigenvalue weighted by Crippen LogP contribution is -2.47. The van der Waals surface area contributed by atoms with Crippen LogP contribution in [-0.2, 0) is 13.5 Å². The Balaban J connectivity index is 1.38. The van der Waals surface area contributed by atoms with Crippen molar-refractivity contribution < 1.29 is 0 Å². The lowest BCUT2D eigenvalue weighted by Gasteiger charge is -2.35. The van der Waals surface area contributed by atoms with Gasteiger partial charge in [0.2, 0.25) is 0 Å². The molecule has 3 aromatic rings. The molecule has 0 aromatic carbocycles. The molecule has 1 saturated heterocycles. The Morgan fingerprint density at radius 2 is 1.81 bits per heavy atom. The molecule has 4 rings (SSSR count). The Kier molecular flexibility index (Phi) is 4.55. The van der Waals surface area contributed by atoms with Gasteiger partial charge in [0.25, 0.3) is 0 Å². The van der Waals surface area contributed by atoms with Crippen molar-refractivity contribution in [1.29, 1.82) is 0 Å². The predicted octanol–water partition coefficient (Wildman–Crippen LogP) is 1.74. The average Bonchev–Trinajstić information content (AvgIpc) is 3.03. The van der Waals surface area contributed by atoms with E-state index in [1.165, 1.54) is 16.8 Å². The smallest absolute Gasteiger partial charge is 0.163 e. The second-order valence-corrected chi connectivity index (χ2v) is 7.06. The van der Waals surface area contributed by atoms with Crippen molar-refractivity contribution in [3.8, 4) is 0 Å². The highest BCUT2D eigenvalue weighted by Gasteiger charge is 2.21. The minimum absolute atomic E-state index is 0.887. The zero-order valence-corrected chi connectivity index (χ0v) is 15.7. The van der Waals surface area contributed by atoms with Crippen molar-refractivity contribution in [1.82, 2.24) is 29.6 Å². The first-order valence-electron chi connectivity index (χ1n) is 9.14. The van der Waals surface area contributed by atoms with Crippen molar-refractivity contribution >= 4 is 16.9 Å². The molecule has 3 aromatic heterocycles. The molecule has 1 aliphatic heterocycles. The summed E-state index contributed by atoms with van der Waals surface area (Å²) in [6.07, 6.45) is 6.47. The Bertz CT molecular complexity index is 909. The second kappa shape index (κ2) is 6.99. The van der Waals surface area contributed by atoms with Gasteiger partial charge >= 0.3 is 0 Å². The van der Waals surface area contributed by atoms with Crippen molar-refractivity contribution in [2.75, 3.05) is 37.6 Å². The highest BCUT2D eigenvalue weighted by Crippen LogP contribution is 2.23. The summed E-state index contributed by atoms with van der Waals surface area (Å²) in [5.74, 6) is 0.999. The summed E-state index contributed by atoms with van der Waals surface area (Å²) in [5.41, 5.74) is 4.62. The van der Waals surface area contributed by atoms with Gasteiger partial charge in [0.05, 0.1) is 11.6 Å². The molecule has 0 bridgehead atoms. The van der Waals surface area contributed by atoms with Gasteiger partial charge in [-0.15, -0.1) is 0 Å². The molecule has 1 aliphatic rings. The first kappa shape index (κ1) is 16.9. The summed E-state index contributed by atoms with van der Waals surface area (Å²) in [5, 5.41) is 5.34. The molecule has 7 heteroatoms. The van der Waals surface area contributed by atoms with E-state index in [1.54, 1.807) is 11.0 Å². The van der Waals surface area contributed by atoms with Gasteiger partial charge in [0, 0.05) is 58.1 Å². The number of pyridine rings is 1. The third-order valence-corrected chi connectivity index (χ3v) is 5.17. The van der Waals surface area contributed by atoms with E-state index < -0.39 is 0 Å². The molecule has 1 fully saturated rings. The molecule has 0 aliphatic carbocycles. The van der Waals surface area contributed by atoms with E-state index in [0.717, 1.165) is 56.0 Å². The number of anilines is 1. The first-order chi connectivity index (χ1) is 12.6. The number of aromatic nitrogens is 5. The maximum atomic E-state index is 4.60. The van der Waals surface area contributed by atoms with Gasteiger partial charge in [-0.3, -0.25) is 14.6 Å². The number of aryl methyl sites for hydroxylation is 3. The molecule has 0 unspecified atom stereocenters. The van der Waals surface area contributed by atoms with Crippen LogP contribution in [0.2, 0.25) is 0 Å². The molecule has 7 nitrogen and oxygen atoms in total. The molecule has 0 radical (unpaired) electrons. The van der Waals surface area contributed by atoms with Crippen molar-refractivity contribution in [2.24, 2.45) is 7.05 Å². The Hall–Kier alpha value is -2.54. The summed E-state index contributed by atoms with van der Waals surface area (Å²) >= 11 is 0. The number of nitrogens with zero attached hydrogens (tertiary/aromatic N) is 7. The van der Waals surface area contributed by atoms with E-state index in [9.17, 15) is 0 Å². The quantitative estimate of drug-likeness (QED) is 0.713. The Morgan fingerprint density at radius 1 is 1.00 bits per heavy atom. The van der Waals surface area contributed by atoms with Crippen LogP contribution in [0.15, 0.2) is 24.8 Å². The largest absolute Gasteiger partial charge is 0.353 e. The summed E-state index contributed by atoms with van der Waals surface area (Å²) in [7, 11) is 1.91. The first-order valence-corrected chi connectivity index (χ1v) is 9.14. The van der Waals surface area contributed by atoms with Gasteiger partial charge in [-0.2, -0.15) is 5.10 Å². The summed E-state index contributed by atoms with van der Waals surface area (Å²) in [6.45, 7) is 9.32. The van der Waals surface area contributed by atoms with Gasteiger partial charge in [0.15, 0.2) is 5.65 Å². The van der Waals surface area contributed by atoms with Gasteiger partial charge in [-0.05, 0) is 25.0 Å². The number of hydrogen-bond acceptors (Lipinski definition) is 6. The summed E-state index contributed by atoms with van der Waals surface area (Å²) in [6, 6.07) is 2.22. The molecule has 0 saturated carbocycles. The number of hydrogen-bond donors (Lipinski definition) is 0. The fourth-order valence-corrected chi connectivity index (χ4v) is 3.65. The molecule has 0 N–H and O–H groups in total. The van der Waals surface area contributed by atoms with E-state index >= 15 is 0 Å². The molecule has 0 amide bonds. The van der Waals surface area contributed by atoms with Gasteiger partial charge < -0.3 is 4.90 Å². The fraction of sp³-hybridized carbons (Fsp3) is 0.474. The number of rotatable bonds is 4. The second-order valence-electron chi connectivity index (χ2n) is 7.06. The van der Waals surface area contributed by atoms with Gasteiger partial charge in [-0.1, -0.05) is 6.07 Å². The number of fused-ring (bicyclic) bond motifs is 1. The van der Waals surface area contributed by atoms with Crippen molar-refractivity contribution in [3.63, 3.8) is 0 Å². The average molecular weight is 351 g/mol. The Morgan fingerprint density at radius 3 is 2.58 bits per heavy atom. The molecule has 136 valence electrons. The fourth-order valence-electron chi connectivity index (χ4n) is 3.65. The number of piperazine rings is 1. The third kappa shape index (κ3) is 3.26. The lowest BCUT2D eigenvalue weighted by atomic mass is 10.1. The minimum atomic E-state index is 0.887. The zero-order valence-electron chi connectivity index (χ0n) is 15.7. The third-order valence-electron chi connectivity index (χ3n) is 5.17. The summed E-state index contributed by atoms with van der Waals surface area (Å²) < 4.78 is 1.80. The van der Waals surface area contributed by atoms with E-state index in [1.807, 2.05) is 19.4 Å². The maximum absolute atomic E-state index is 4.60. The normalized spacial score (nSPS) is 15.7. The molecular weight excluding hydrogens is 326 g/mol. The SMILES string of the molecule is Cc1cnc(CCN2CCN(c3ncnc4c3cnn4C)CC2)c(C)c1. The molecule has 26 heavy (non-hydrogen) atoms. The summed E-state index contributed by atoms with van der Waals surface area (Å²) in [4.78, 5) is 18.3. The van der Waals surface area contributed by atoms with Gasteiger partial charge in [0.1, 0.15) is 12.1 Å². The van der Waals surface area contributed by atoms with E-state index in [2.05, 4.69) is 49.8 Å². The van der Waals surface area contributed by atoms with E-state index in [0.29, 0.717) is 0 Å². The highest BCUT2D eigenvalue weighted by atomic mass is 15.3. The topological polar surface area (TPSA) is 63.0 Å². The van der Waals surface area contributed by atoms with Crippen LogP contribution in [0.1, 0.15) is 16.8 Å². The standard InChI is InChI=1S/C19H25N7/c1-14-10-15(2)17(20-11-14)4-5-25-6-8-26(9-7-25)19-16-12-23-24(3)18(16)21-13-22-19/h10-13H,4-9H2,1-3H3. The molecule has 4 heterocycles. The molecular formula is C19H25N7. The van der Waals surface area contributed by atoms with Crippen LogP contribution in [0.4, 0.5) is 5.82 Å². The predicted molar refractivity (Wildman–Crippen MR) is 102 cm³/mol. The molecule has 0 spiro atoms. The Labute approximate surface area is 153 Å². The molecule has 0 atom stereocenters. The van der Waals surface area contributed by atoms with Gasteiger partial charge in [-0.25, -0.2) is 9.97 Å². The van der Waals surface area contributed by atoms with Crippen LogP contribution in [0, 0.1) is 13.8 Å².